The van der Waals surface area contributed by atoms with Gasteiger partial charge in [0.1, 0.15) is 6.04 Å². The number of hydrogen-bond donors (Lipinski definition) is 1. The molecule has 2 heterocycles. The molecule has 1 N–H and O–H groups in total. The van der Waals surface area contributed by atoms with E-state index in [0.717, 1.165) is 25.9 Å². The van der Waals surface area contributed by atoms with E-state index in [1.54, 1.807) is 23.9 Å². The zero-order valence-corrected chi connectivity index (χ0v) is 13.0. The highest BCUT2D eigenvalue weighted by Gasteiger charge is 2.24. The minimum absolute atomic E-state index is 0.0352. The van der Waals surface area contributed by atoms with E-state index >= 15 is 0 Å². The summed E-state index contributed by atoms with van der Waals surface area (Å²) in [6, 6.07) is -0.432. The van der Waals surface area contributed by atoms with Crippen LogP contribution in [0.5, 0.6) is 0 Å². The number of aromatic nitrogens is 2. The van der Waals surface area contributed by atoms with Crippen LogP contribution in [0, 0.1) is 5.92 Å². The van der Waals surface area contributed by atoms with Crippen molar-refractivity contribution in [2.75, 3.05) is 18.4 Å². The maximum absolute atomic E-state index is 12.3. The molecule has 1 atom stereocenters. The summed E-state index contributed by atoms with van der Waals surface area (Å²) >= 11 is 0. The monoisotopic (exact) mass is 292 g/mol. The van der Waals surface area contributed by atoms with Crippen molar-refractivity contribution in [3.63, 3.8) is 0 Å². The molecule has 0 aromatic carbocycles. The van der Waals surface area contributed by atoms with Gasteiger partial charge in [0.15, 0.2) is 5.82 Å². The molecule has 1 saturated heterocycles. The van der Waals surface area contributed by atoms with E-state index in [1.807, 2.05) is 4.90 Å². The Morgan fingerprint density at radius 1 is 1.33 bits per heavy atom. The van der Waals surface area contributed by atoms with Gasteiger partial charge in [-0.25, -0.2) is 4.98 Å². The predicted octanol–water partition coefficient (Wildman–Crippen LogP) is 1.32. The number of nitrogens with one attached hydrogen (secondary N) is 1. The Morgan fingerprint density at radius 2 is 2.00 bits per heavy atom. The summed E-state index contributed by atoms with van der Waals surface area (Å²) in [6.45, 7) is 8.15. The van der Waals surface area contributed by atoms with Crippen LogP contribution in [0.1, 0.15) is 33.6 Å². The summed E-state index contributed by atoms with van der Waals surface area (Å²) in [5.74, 6) is 0.660. The average molecular weight is 292 g/mol. The van der Waals surface area contributed by atoms with E-state index in [9.17, 15) is 9.59 Å². The first-order valence-electron chi connectivity index (χ1n) is 7.60. The van der Waals surface area contributed by atoms with Gasteiger partial charge in [-0.05, 0) is 25.7 Å². The first-order chi connectivity index (χ1) is 9.99. The maximum atomic E-state index is 12.3. The molecule has 1 aliphatic heterocycles. The Labute approximate surface area is 125 Å². The fourth-order valence-corrected chi connectivity index (χ4v) is 2.56. The summed E-state index contributed by atoms with van der Waals surface area (Å²) < 4.78 is 1.63. The van der Waals surface area contributed by atoms with E-state index in [2.05, 4.69) is 24.1 Å². The largest absolute Gasteiger partial charge is 0.354 e. The minimum atomic E-state index is -0.432. The summed E-state index contributed by atoms with van der Waals surface area (Å²) in [6.07, 6.45) is 5.39. The second kappa shape index (κ2) is 6.74. The van der Waals surface area contributed by atoms with Crippen LogP contribution in [-0.4, -0.2) is 39.5 Å². The van der Waals surface area contributed by atoms with Gasteiger partial charge in [-0.3, -0.25) is 9.59 Å². The van der Waals surface area contributed by atoms with Crippen LogP contribution in [0.2, 0.25) is 0 Å². The third-order valence-corrected chi connectivity index (χ3v) is 3.62. The molecule has 1 aromatic rings. The smallest absolute Gasteiger partial charge is 0.293 e. The second-order valence-corrected chi connectivity index (χ2v) is 6.03. The van der Waals surface area contributed by atoms with Gasteiger partial charge in [0, 0.05) is 32.0 Å². The van der Waals surface area contributed by atoms with Crippen molar-refractivity contribution in [2.24, 2.45) is 5.92 Å². The first kappa shape index (κ1) is 15.5. The van der Waals surface area contributed by atoms with Crippen molar-refractivity contribution < 1.29 is 4.79 Å². The van der Waals surface area contributed by atoms with E-state index in [0.29, 0.717) is 12.5 Å². The summed E-state index contributed by atoms with van der Waals surface area (Å²) in [4.78, 5) is 30.5. The Bertz CT molecular complexity index is 547. The normalized spacial score (nSPS) is 16.3. The van der Waals surface area contributed by atoms with Crippen LogP contribution in [-0.2, 0) is 11.3 Å². The standard InChI is InChI=1S/C15H24N4O2/c1-11(2)10-19-9-6-16-13(15(19)21)17-12(3)14(20)18-7-4-5-8-18/h6,9,11-12H,4-5,7-8,10H2,1-3H3,(H,16,17). The zero-order valence-electron chi connectivity index (χ0n) is 13.0. The number of carbonyl (C=O) groups excluding carboxylic acids is 1. The summed E-state index contributed by atoms with van der Waals surface area (Å²) in [5, 5.41) is 2.96. The van der Waals surface area contributed by atoms with Crippen LogP contribution >= 0.6 is 0 Å². The maximum Gasteiger partial charge on any atom is 0.293 e. The highest BCUT2D eigenvalue weighted by Crippen LogP contribution is 2.10. The molecule has 0 aliphatic carbocycles. The third-order valence-electron chi connectivity index (χ3n) is 3.62. The Hall–Kier alpha value is -1.85. The topological polar surface area (TPSA) is 67.2 Å². The highest BCUT2D eigenvalue weighted by molar-refractivity contribution is 5.84. The van der Waals surface area contributed by atoms with Crippen molar-refractivity contribution >= 4 is 11.7 Å². The Kier molecular flexibility index (Phi) is 4.98. The fraction of sp³-hybridized carbons (Fsp3) is 0.667. The fourth-order valence-electron chi connectivity index (χ4n) is 2.56. The van der Waals surface area contributed by atoms with Crippen molar-refractivity contribution in [3.8, 4) is 0 Å². The van der Waals surface area contributed by atoms with Gasteiger partial charge in [0.2, 0.25) is 5.91 Å². The summed E-state index contributed by atoms with van der Waals surface area (Å²) in [5.41, 5.74) is -0.174. The third kappa shape index (κ3) is 3.83. The quantitative estimate of drug-likeness (QED) is 0.889. The van der Waals surface area contributed by atoms with Gasteiger partial charge in [0.05, 0.1) is 0 Å². The molecule has 1 fully saturated rings. The minimum Gasteiger partial charge on any atom is -0.354 e. The van der Waals surface area contributed by atoms with Gasteiger partial charge in [-0.2, -0.15) is 0 Å². The zero-order chi connectivity index (χ0) is 15.4. The van der Waals surface area contributed by atoms with Crippen LogP contribution in [0.4, 0.5) is 5.82 Å². The van der Waals surface area contributed by atoms with Crippen LogP contribution in [0.3, 0.4) is 0 Å². The lowest BCUT2D eigenvalue weighted by molar-refractivity contribution is -0.130. The number of nitrogens with zero attached hydrogens (tertiary/aromatic N) is 3. The molecule has 0 bridgehead atoms. The molecule has 1 aliphatic rings. The van der Waals surface area contributed by atoms with Gasteiger partial charge in [-0.15, -0.1) is 0 Å². The van der Waals surface area contributed by atoms with Gasteiger partial charge < -0.3 is 14.8 Å². The lowest BCUT2D eigenvalue weighted by Gasteiger charge is -2.21. The molecule has 1 aromatic heterocycles. The molecule has 0 saturated carbocycles. The predicted molar refractivity (Wildman–Crippen MR) is 82.2 cm³/mol. The summed E-state index contributed by atoms with van der Waals surface area (Å²) in [7, 11) is 0. The number of anilines is 1. The van der Waals surface area contributed by atoms with Crippen molar-refractivity contribution in [2.45, 2.75) is 46.2 Å². The van der Waals surface area contributed by atoms with E-state index < -0.39 is 6.04 Å². The molecule has 1 amide bonds. The molecule has 1 unspecified atom stereocenters. The van der Waals surface area contributed by atoms with Crippen LogP contribution in [0.15, 0.2) is 17.2 Å². The van der Waals surface area contributed by atoms with Crippen molar-refractivity contribution in [3.05, 3.63) is 22.7 Å². The SMILES string of the molecule is CC(C)Cn1ccnc(NC(C)C(=O)N2CCCC2)c1=O. The van der Waals surface area contributed by atoms with Crippen molar-refractivity contribution in [1.29, 1.82) is 0 Å². The molecule has 6 nitrogen and oxygen atoms in total. The molecule has 116 valence electrons. The van der Waals surface area contributed by atoms with Crippen molar-refractivity contribution in [1.82, 2.24) is 14.5 Å². The molecular formula is C15H24N4O2. The van der Waals surface area contributed by atoms with E-state index in [-0.39, 0.29) is 17.3 Å². The number of amides is 1. The number of likely N-dealkylation sites (tertiary alicyclic amines) is 1. The second-order valence-electron chi connectivity index (χ2n) is 6.03. The van der Waals surface area contributed by atoms with Gasteiger partial charge in [0.25, 0.3) is 5.56 Å². The molecule has 6 heteroatoms. The Morgan fingerprint density at radius 3 is 2.62 bits per heavy atom. The molecular weight excluding hydrogens is 268 g/mol. The lowest BCUT2D eigenvalue weighted by atomic mass is 10.2. The first-order valence-corrected chi connectivity index (χ1v) is 7.60. The average Bonchev–Trinajstić information content (AvgIpc) is 2.96. The highest BCUT2D eigenvalue weighted by atomic mass is 16.2. The molecule has 0 spiro atoms. The molecule has 21 heavy (non-hydrogen) atoms. The Balaban J connectivity index is 2.08. The number of carbonyl (C=O) groups is 1. The van der Waals surface area contributed by atoms with E-state index in [1.165, 1.54) is 0 Å². The molecule has 2 rings (SSSR count). The van der Waals surface area contributed by atoms with Gasteiger partial charge in [-0.1, -0.05) is 13.8 Å². The lowest BCUT2D eigenvalue weighted by Crippen LogP contribution is -2.41. The number of hydrogen-bond acceptors (Lipinski definition) is 4. The van der Waals surface area contributed by atoms with Crippen LogP contribution < -0.4 is 10.9 Å². The van der Waals surface area contributed by atoms with E-state index in [4.69, 9.17) is 0 Å². The number of rotatable bonds is 5. The van der Waals surface area contributed by atoms with Crippen LogP contribution in [0.25, 0.3) is 0 Å². The molecule has 0 radical (unpaired) electrons. The van der Waals surface area contributed by atoms with Gasteiger partial charge >= 0.3 is 0 Å².